The van der Waals surface area contributed by atoms with Crippen LogP contribution >= 0.6 is 11.6 Å². The van der Waals surface area contributed by atoms with Gasteiger partial charge in [0.15, 0.2) is 5.75 Å². The minimum atomic E-state index is -0.212. The zero-order chi connectivity index (χ0) is 19.1. The lowest BCUT2D eigenvalue weighted by Crippen LogP contribution is -2.39. The molecular weight excluding hydrogens is 364 g/mol. The SMILES string of the molecule is C#Cc1ccc2c3c([nH]c2c1Cl)CCN(C(=O)c1ncc(OC)cn1)[C@@H]3C. The van der Waals surface area contributed by atoms with E-state index in [0.717, 1.165) is 22.2 Å². The topological polar surface area (TPSA) is 71.1 Å². The number of ether oxygens (including phenoxy) is 1. The van der Waals surface area contributed by atoms with Crippen LogP contribution < -0.4 is 4.74 Å². The number of amides is 1. The fourth-order valence-electron chi connectivity index (χ4n) is 3.61. The number of nitrogens with zero attached hydrogens (tertiary/aromatic N) is 3. The van der Waals surface area contributed by atoms with Gasteiger partial charge in [-0.1, -0.05) is 23.6 Å². The second kappa shape index (κ2) is 6.60. The molecule has 1 aliphatic rings. The number of rotatable bonds is 2. The Morgan fingerprint density at radius 3 is 2.81 bits per heavy atom. The van der Waals surface area contributed by atoms with Crippen molar-refractivity contribution in [3.63, 3.8) is 0 Å². The third kappa shape index (κ3) is 2.71. The lowest BCUT2D eigenvalue weighted by Gasteiger charge is -2.33. The van der Waals surface area contributed by atoms with Crippen molar-refractivity contribution in [1.82, 2.24) is 19.9 Å². The monoisotopic (exact) mass is 380 g/mol. The summed E-state index contributed by atoms with van der Waals surface area (Å²) in [6.07, 6.45) is 9.19. The van der Waals surface area contributed by atoms with E-state index < -0.39 is 0 Å². The molecule has 0 saturated heterocycles. The van der Waals surface area contributed by atoms with Crippen LogP contribution in [0, 0.1) is 12.3 Å². The van der Waals surface area contributed by atoms with Gasteiger partial charge in [-0.25, -0.2) is 9.97 Å². The number of H-pyrrole nitrogens is 1. The summed E-state index contributed by atoms with van der Waals surface area (Å²) in [7, 11) is 1.53. The first-order valence-electron chi connectivity index (χ1n) is 8.51. The first-order valence-corrected chi connectivity index (χ1v) is 8.89. The maximum atomic E-state index is 12.9. The summed E-state index contributed by atoms with van der Waals surface area (Å²) in [6.45, 7) is 2.56. The highest BCUT2D eigenvalue weighted by atomic mass is 35.5. The van der Waals surface area contributed by atoms with E-state index in [1.165, 1.54) is 19.5 Å². The Bertz CT molecular complexity index is 1080. The Balaban J connectivity index is 1.73. The number of carbonyl (C=O) groups is 1. The number of methoxy groups -OCH3 is 1. The van der Waals surface area contributed by atoms with Crippen LogP contribution in [0.4, 0.5) is 0 Å². The molecule has 0 fully saturated rings. The van der Waals surface area contributed by atoms with Crippen LogP contribution in [0.15, 0.2) is 24.5 Å². The van der Waals surface area contributed by atoms with Crippen molar-refractivity contribution >= 4 is 28.4 Å². The van der Waals surface area contributed by atoms with Gasteiger partial charge in [-0.2, -0.15) is 0 Å². The molecular formula is C20H17ClN4O2. The molecule has 1 aromatic carbocycles. The molecule has 0 aliphatic carbocycles. The van der Waals surface area contributed by atoms with Crippen LogP contribution in [-0.2, 0) is 6.42 Å². The molecule has 0 spiro atoms. The molecule has 6 nitrogen and oxygen atoms in total. The fraction of sp³-hybridized carbons (Fsp3) is 0.250. The van der Waals surface area contributed by atoms with Crippen molar-refractivity contribution in [1.29, 1.82) is 0 Å². The number of fused-ring (bicyclic) bond motifs is 3. The highest BCUT2D eigenvalue weighted by Gasteiger charge is 2.32. The van der Waals surface area contributed by atoms with E-state index in [1.54, 1.807) is 4.90 Å². The van der Waals surface area contributed by atoms with Crippen LogP contribution in [-0.4, -0.2) is 39.4 Å². The molecule has 4 rings (SSSR count). The third-order valence-corrected chi connectivity index (χ3v) is 5.39. The molecule has 27 heavy (non-hydrogen) atoms. The zero-order valence-electron chi connectivity index (χ0n) is 14.9. The molecule has 0 unspecified atom stereocenters. The van der Waals surface area contributed by atoms with E-state index in [9.17, 15) is 4.79 Å². The molecule has 136 valence electrons. The first kappa shape index (κ1) is 17.4. The number of terminal acetylenes is 1. The summed E-state index contributed by atoms with van der Waals surface area (Å²) in [5.41, 5.74) is 3.60. The van der Waals surface area contributed by atoms with Crippen LogP contribution in [0.3, 0.4) is 0 Å². The van der Waals surface area contributed by atoms with Gasteiger partial charge in [0, 0.05) is 35.2 Å². The molecule has 1 aliphatic heterocycles. The van der Waals surface area contributed by atoms with E-state index in [1.807, 2.05) is 19.1 Å². The van der Waals surface area contributed by atoms with E-state index >= 15 is 0 Å². The van der Waals surface area contributed by atoms with E-state index in [4.69, 9.17) is 22.8 Å². The normalized spacial score (nSPS) is 16.1. The molecule has 0 radical (unpaired) electrons. The van der Waals surface area contributed by atoms with Crippen molar-refractivity contribution in [3.05, 3.63) is 52.2 Å². The highest BCUT2D eigenvalue weighted by molar-refractivity contribution is 6.36. The molecule has 1 N–H and O–H groups in total. The molecule has 0 saturated carbocycles. The van der Waals surface area contributed by atoms with E-state index in [2.05, 4.69) is 20.9 Å². The van der Waals surface area contributed by atoms with Gasteiger partial charge in [-0.3, -0.25) is 4.79 Å². The summed E-state index contributed by atoms with van der Waals surface area (Å²) in [4.78, 5) is 26.4. The Morgan fingerprint density at radius 2 is 2.15 bits per heavy atom. The number of aromatic amines is 1. The number of nitrogens with one attached hydrogen (secondary N) is 1. The van der Waals surface area contributed by atoms with Crippen molar-refractivity contribution in [3.8, 4) is 18.1 Å². The smallest absolute Gasteiger partial charge is 0.292 e. The van der Waals surface area contributed by atoms with Gasteiger partial charge in [-0.15, -0.1) is 6.42 Å². The van der Waals surface area contributed by atoms with Crippen molar-refractivity contribution < 1.29 is 9.53 Å². The molecule has 3 heterocycles. The molecule has 0 bridgehead atoms. The number of benzene rings is 1. The first-order chi connectivity index (χ1) is 13.0. The van der Waals surface area contributed by atoms with Crippen molar-refractivity contribution in [2.45, 2.75) is 19.4 Å². The van der Waals surface area contributed by atoms with Gasteiger partial charge in [0.2, 0.25) is 5.82 Å². The van der Waals surface area contributed by atoms with Crippen molar-refractivity contribution in [2.75, 3.05) is 13.7 Å². The number of aromatic nitrogens is 3. The number of carbonyl (C=O) groups excluding carboxylic acids is 1. The minimum Gasteiger partial charge on any atom is -0.494 e. The highest BCUT2D eigenvalue weighted by Crippen LogP contribution is 2.39. The fourth-order valence-corrected chi connectivity index (χ4v) is 3.88. The second-order valence-electron chi connectivity index (χ2n) is 6.38. The van der Waals surface area contributed by atoms with Crippen LogP contribution in [0.25, 0.3) is 10.9 Å². The van der Waals surface area contributed by atoms with Crippen LogP contribution in [0.2, 0.25) is 5.02 Å². The van der Waals surface area contributed by atoms with Gasteiger partial charge >= 0.3 is 0 Å². The summed E-state index contributed by atoms with van der Waals surface area (Å²) >= 11 is 6.45. The van der Waals surface area contributed by atoms with Gasteiger partial charge in [0.1, 0.15) is 0 Å². The average Bonchev–Trinajstić information content (AvgIpc) is 3.08. The van der Waals surface area contributed by atoms with E-state index in [0.29, 0.717) is 29.3 Å². The molecule has 3 aromatic rings. The predicted octanol–water partition coefficient (Wildman–Crippen LogP) is 3.36. The van der Waals surface area contributed by atoms with Gasteiger partial charge in [0.25, 0.3) is 5.91 Å². The molecule has 2 aromatic heterocycles. The largest absolute Gasteiger partial charge is 0.494 e. The Morgan fingerprint density at radius 1 is 1.41 bits per heavy atom. The summed E-state index contributed by atoms with van der Waals surface area (Å²) in [5.74, 6) is 3.04. The van der Waals surface area contributed by atoms with Gasteiger partial charge < -0.3 is 14.6 Å². The van der Waals surface area contributed by atoms with E-state index in [-0.39, 0.29) is 17.8 Å². The van der Waals surface area contributed by atoms with Gasteiger partial charge in [0.05, 0.1) is 36.1 Å². The quantitative estimate of drug-likeness (QED) is 0.692. The Hall–Kier alpha value is -3.04. The number of hydrogen-bond donors (Lipinski definition) is 1. The van der Waals surface area contributed by atoms with Gasteiger partial charge in [-0.05, 0) is 13.0 Å². The summed E-state index contributed by atoms with van der Waals surface area (Å²) in [6, 6.07) is 3.65. The Kier molecular flexibility index (Phi) is 4.25. The predicted molar refractivity (Wildman–Crippen MR) is 103 cm³/mol. The summed E-state index contributed by atoms with van der Waals surface area (Å²) in [5, 5.41) is 1.52. The minimum absolute atomic E-state index is 0.145. The molecule has 7 heteroatoms. The summed E-state index contributed by atoms with van der Waals surface area (Å²) < 4.78 is 5.05. The van der Waals surface area contributed by atoms with Crippen LogP contribution in [0.5, 0.6) is 5.75 Å². The lowest BCUT2D eigenvalue weighted by molar-refractivity contribution is 0.0665. The second-order valence-corrected chi connectivity index (χ2v) is 6.76. The average molecular weight is 381 g/mol. The standard InChI is InChI=1S/C20H17ClN4O2/c1-4-12-5-6-14-16-11(2)25(8-7-15(16)24-18(14)17(12)21)20(26)19-22-9-13(27-3)10-23-19/h1,5-6,9-11,24H,7-8H2,2-3H3/t11-/m1/s1. The number of hydrogen-bond acceptors (Lipinski definition) is 4. The molecule has 1 amide bonds. The van der Waals surface area contributed by atoms with Crippen molar-refractivity contribution in [2.24, 2.45) is 0 Å². The zero-order valence-corrected chi connectivity index (χ0v) is 15.7. The maximum absolute atomic E-state index is 12.9. The molecule has 1 atom stereocenters. The third-order valence-electron chi connectivity index (χ3n) is 4.99. The lowest BCUT2D eigenvalue weighted by atomic mass is 9.96. The number of halogens is 1. The Labute approximate surface area is 161 Å². The maximum Gasteiger partial charge on any atom is 0.292 e. The van der Waals surface area contributed by atoms with Crippen LogP contribution in [0.1, 0.15) is 40.4 Å².